The zero-order valence-corrected chi connectivity index (χ0v) is 26.1. The maximum absolute atomic E-state index is 5.08. The molecule has 9 rings (SSSR count). The SMILES string of the molecule is c1ccc(-c2ccc(-c3nc(-c4ccc5cc(-c6ccccc6)ccc5c4)nc(-c4ccc5c(ccc6ccccc65)c4)n3)cc2)cc1. The zero-order valence-electron chi connectivity index (χ0n) is 26.1. The average Bonchev–Trinajstić information content (AvgIpc) is 3.18. The molecule has 0 unspecified atom stereocenters. The van der Waals surface area contributed by atoms with Crippen molar-refractivity contribution in [3.05, 3.63) is 176 Å². The van der Waals surface area contributed by atoms with Crippen molar-refractivity contribution in [1.82, 2.24) is 15.0 Å². The molecule has 0 saturated heterocycles. The number of hydrogen-bond acceptors (Lipinski definition) is 3. The molecule has 0 atom stereocenters. The van der Waals surface area contributed by atoms with Gasteiger partial charge in [-0.15, -0.1) is 0 Å². The van der Waals surface area contributed by atoms with E-state index >= 15 is 0 Å². The number of aromatic nitrogens is 3. The van der Waals surface area contributed by atoms with Crippen LogP contribution in [0.5, 0.6) is 0 Å². The van der Waals surface area contributed by atoms with Gasteiger partial charge in [-0.3, -0.25) is 0 Å². The lowest BCUT2D eigenvalue weighted by Gasteiger charge is -2.11. The highest BCUT2D eigenvalue weighted by molar-refractivity contribution is 6.08. The van der Waals surface area contributed by atoms with Gasteiger partial charge in [-0.2, -0.15) is 0 Å². The molecule has 0 aliphatic heterocycles. The molecule has 0 fully saturated rings. The highest BCUT2D eigenvalue weighted by atomic mass is 15.0. The largest absolute Gasteiger partial charge is 0.208 e. The summed E-state index contributed by atoms with van der Waals surface area (Å²) in [6.07, 6.45) is 0. The van der Waals surface area contributed by atoms with Crippen LogP contribution in [-0.2, 0) is 0 Å². The van der Waals surface area contributed by atoms with Crippen LogP contribution in [0.25, 0.3) is 88.7 Å². The van der Waals surface area contributed by atoms with Gasteiger partial charge in [0.25, 0.3) is 0 Å². The molecule has 0 aliphatic carbocycles. The maximum atomic E-state index is 5.08. The van der Waals surface area contributed by atoms with Crippen LogP contribution in [0, 0.1) is 0 Å². The van der Waals surface area contributed by atoms with Crippen LogP contribution in [0.3, 0.4) is 0 Å². The predicted octanol–water partition coefficient (Wildman–Crippen LogP) is 11.7. The van der Waals surface area contributed by atoms with Gasteiger partial charge in [-0.25, -0.2) is 15.0 Å². The van der Waals surface area contributed by atoms with Crippen molar-refractivity contribution >= 4 is 32.3 Å². The third-order valence-electron chi connectivity index (χ3n) is 9.09. The quantitative estimate of drug-likeness (QED) is 0.182. The summed E-state index contributed by atoms with van der Waals surface area (Å²) >= 11 is 0. The summed E-state index contributed by atoms with van der Waals surface area (Å²) in [6.45, 7) is 0. The number of hydrogen-bond donors (Lipinski definition) is 0. The Hall–Kier alpha value is -6.45. The van der Waals surface area contributed by atoms with Crippen molar-refractivity contribution < 1.29 is 0 Å². The van der Waals surface area contributed by atoms with E-state index in [0.29, 0.717) is 17.5 Å². The molecule has 9 aromatic rings. The van der Waals surface area contributed by atoms with Gasteiger partial charge in [0.2, 0.25) is 0 Å². The van der Waals surface area contributed by atoms with Crippen molar-refractivity contribution in [3.8, 4) is 56.4 Å². The smallest absolute Gasteiger partial charge is 0.164 e. The molecular formula is C45H29N3. The molecule has 1 aromatic heterocycles. The van der Waals surface area contributed by atoms with Gasteiger partial charge in [-0.05, 0) is 72.8 Å². The Labute approximate surface area is 278 Å². The maximum Gasteiger partial charge on any atom is 0.164 e. The summed E-state index contributed by atoms with van der Waals surface area (Å²) in [5, 5.41) is 7.15. The lowest BCUT2D eigenvalue weighted by atomic mass is 9.99. The summed E-state index contributed by atoms with van der Waals surface area (Å²) in [7, 11) is 0. The minimum atomic E-state index is 0.646. The van der Waals surface area contributed by atoms with Crippen LogP contribution in [0.15, 0.2) is 176 Å². The Morgan fingerprint density at radius 2 is 0.625 bits per heavy atom. The van der Waals surface area contributed by atoms with E-state index in [1.165, 1.54) is 38.2 Å². The van der Waals surface area contributed by atoms with Gasteiger partial charge in [0, 0.05) is 16.7 Å². The van der Waals surface area contributed by atoms with E-state index in [1.807, 2.05) is 12.1 Å². The van der Waals surface area contributed by atoms with Gasteiger partial charge >= 0.3 is 0 Å². The van der Waals surface area contributed by atoms with Crippen LogP contribution in [-0.4, -0.2) is 15.0 Å². The minimum Gasteiger partial charge on any atom is -0.208 e. The van der Waals surface area contributed by atoms with Gasteiger partial charge in [0.15, 0.2) is 17.5 Å². The molecule has 48 heavy (non-hydrogen) atoms. The second-order valence-corrected chi connectivity index (χ2v) is 12.1. The van der Waals surface area contributed by atoms with E-state index in [2.05, 4.69) is 164 Å². The molecule has 8 aromatic carbocycles. The fraction of sp³-hybridized carbons (Fsp3) is 0. The molecule has 0 radical (unpaired) electrons. The highest BCUT2D eigenvalue weighted by Crippen LogP contribution is 2.33. The van der Waals surface area contributed by atoms with Crippen LogP contribution in [0.1, 0.15) is 0 Å². The Balaban J connectivity index is 1.17. The summed E-state index contributed by atoms with van der Waals surface area (Å²) in [4.78, 5) is 15.2. The standard InChI is InChI=1S/C45H29N3/c1-3-9-30(10-4-1)32-15-18-34(19-16-32)43-46-44(39-24-22-36-27-35(20-21-37(36)28-39)31-11-5-2-6-12-31)48-45(47-43)40-25-26-42-38(29-40)23-17-33-13-7-8-14-41(33)42/h1-29H. The Bertz CT molecular complexity index is 2590. The summed E-state index contributed by atoms with van der Waals surface area (Å²) in [5.41, 5.74) is 7.58. The number of rotatable bonds is 5. The Kier molecular flexibility index (Phi) is 6.80. The van der Waals surface area contributed by atoms with Crippen LogP contribution < -0.4 is 0 Å². The molecule has 224 valence electrons. The van der Waals surface area contributed by atoms with Crippen LogP contribution in [0.2, 0.25) is 0 Å². The van der Waals surface area contributed by atoms with Crippen molar-refractivity contribution in [2.45, 2.75) is 0 Å². The number of nitrogens with zero attached hydrogens (tertiary/aromatic N) is 3. The molecule has 0 N–H and O–H groups in total. The van der Waals surface area contributed by atoms with Gasteiger partial charge < -0.3 is 0 Å². The van der Waals surface area contributed by atoms with Crippen LogP contribution in [0.4, 0.5) is 0 Å². The fourth-order valence-corrected chi connectivity index (χ4v) is 6.55. The van der Waals surface area contributed by atoms with E-state index in [4.69, 9.17) is 15.0 Å². The van der Waals surface area contributed by atoms with Gasteiger partial charge in [0.05, 0.1) is 0 Å². The van der Waals surface area contributed by atoms with Gasteiger partial charge in [0.1, 0.15) is 0 Å². The third kappa shape index (κ3) is 5.18. The molecular weight excluding hydrogens is 583 g/mol. The first kappa shape index (κ1) is 27.8. The van der Waals surface area contributed by atoms with Crippen molar-refractivity contribution in [2.24, 2.45) is 0 Å². The Morgan fingerprint density at radius 3 is 1.31 bits per heavy atom. The average molecular weight is 612 g/mol. The Morgan fingerprint density at radius 1 is 0.229 bits per heavy atom. The van der Waals surface area contributed by atoms with Crippen molar-refractivity contribution in [1.29, 1.82) is 0 Å². The lowest BCUT2D eigenvalue weighted by molar-refractivity contribution is 1.08. The second-order valence-electron chi connectivity index (χ2n) is 12.1. The van der Waals surface area contributed by atoms with Crippen LogP contribution >= 0.6 is 0 Å². The first-order chi connectivity index (χ1) is 23.7. The van der Waals surface area contributed by atoms with Crippen molar-refractivity contribution in [3.63, 3.8) is 0 Å². The summed E-state index contributed by atoms with van der Waals surface area (Å²) in [6, 6.07) is 61.8. The first-order valence-electron chi connectivity index (χ1n) is 16.2. The zero-order chi connectivity index (χ0) is 31.9. The van der Waals surface area contributed by atoms with E-state index in [1.54, 1.807) is 0 Å². The minimum absolute atomic E-state index is 0.646. The van der Waals surface area contributed by atoms with Gasteiger partial charge in [-0.1, -0.05) is 158 Å². The molecule has 3 nitrogen and oxygen atoms in total. The van der Waals surface area contributed by atoms with E-state index in [0.717, 1.165) is 33.0 Å². The summed E-state index contributed by atoms with van der Waals surface area (Å²) in [5.74, 6) is 1.94. The molecule has 0 bridgehead atoms. The molecule has 1 heterocycles. The predicted molar refractivity (Wildman–Crippen MR) is 200 cm³/mol. The summed E-state index contributed by atoms with van der Waals surface area (Å²) < 4.78 is 0. The molecule has 0 aliphatic rings. The van der Waals surface area contributed by atoms with E-state index < -0.39 is 0 Å². The number of fused-ring (bicyclic) bond motifs is 4. The number of benzene rings is 8. The molecule has 0 amide bonds. The topological polar surface area (TPSA) is 38.7 Å². The molecule has 0 spiro atoms. The lowest BCUT2D eigenvalue weighted by Crippen LogP contribution is -2.00. The molecule has 0 saturated carbocycles. The van der Waals surface area contributed by atoms with E-state index in [-0.39, 0.29) is 0 Å². The second kappa shape index (κ2) is 11.7. The first-order valence-corrected chi connectivity index (χ1v) is 16.2. The third-order valence-corrected chi connectivity index (χ3v) is 9.09. The fourth-order valence-electron chi connectivity index (χ4n) is 6.55. The monoisotopic (exact) mass is 611 g/mol. The molecule has 3 heteroatoms. The highest BCUT2D eigenvalue weighted by Gasteiger charge is 2.14. The van der Waals surface area contributed by atoms with Crippen molar-refractivity contribution in [2.75, 3.05) is 0 Å². The normalized spacial score (nSPS) is 11.3. The van der Waals surface area contributed by atoms with E-state index in [9.17, 15) is 0 Å².